The van der Waals surface area contributed by atoms with Gasteiger partial charge >= 0.3 is 47.7 Å². The van der Waals surface area contributed by atoms with Crippen molar-refractivity contribution >= 4 is 11.9 Å². The highest BCUT2D eigenvalue weighted by atomic mass is 19.4. The number of halogens is 10. The molecule has 0 spiro atoms. The minimum Gasteiger partial charge on any atom is -0.456 e. The standard InChI is InChI=1S/C19H18F10O10/c1-8(2)10(30)38-12-14(20,21)17(19(27,28)29,37-6-33-12)34-5-9(3)11(31)39-13(4)15(22,23)16(32,18(24,25)26)36-7-35-13/h5,12,32H,1,6-7H2,2-4H3/b9-5+. The average molecular weight is 596 g/mol. The van der Waals surface area contributed by atoms with Gasteiger partial charge in [-0.1, -0.05) is 6.58 Å². The SMILES string of the molecule is C=C(C)C(=O)OC1OCOC(O/C=C(\C)C(=O)OC2(C)OCOC(O)(C(F)(F)F)C2(F)F)(C(F)(F)F)C1(F)F. The molecule has 0 saturated carbocycles. The van der Waals surface area contributed by atoms with Gasteiger partial charge in [0, 0.05) is 12.5 Å². The predicted molar refractivity (Wildman–Crippen MR) is 97.8 cm³/mol. The van der Waals surface area contributed by atoms with Crippen LogP contribution in [0.25, 0.3) is 0 Å². The van der Waals surface area contributed by atoms with Gasteiger partial charge in [0.05, 0.1) is 11.8 Å². The zero-order chi connectivity index (χ0) is 30.5. The van der Waals surface area contributed by atoms with Crippen LogP contribution in [0.4, 0.5) is 43.9 Å². The van der Waals surface area contributed by atoms with Gasteiger partial charge in [-0.15, -0.1) is 0 Å². The van der Waals surface area contributed by atoms with Crippen LogP contribution in [0.2, 0.25) is 0 Å². The molecule has 2 rings (SSSR count). The highest BCUT2D eigenvalue weighted by molar-refractivity contribution is 5.88. The van der Waals surface area contributed by atoms with Gasteiger partial charge in [0.2, 0.25) is 0 Å². The molecular weight excluding hydrogens is 578 g/mol. The van der Waals surface area contributed by atoms with E-state index in [1.807, 2.05) is 0 Å². The van der Waals surface area contributed by atoms with Crippen molar-refractivity contribution in [2.24, 2.45) is 0 Å². The maximum atomic E-state index is 14.9. The van der Waals surface area contributed by atoms with Crippen molar-refractivity contribution in [3.8, 4) is 0 Å². The molecule has 20 heteroatoms. The minimum atomic E-state index is -6.17. The zero-order valence-electron chi connectivity index (χ0n) is 19.7. The molecule has 4 unspecified atom stereocenters. The molecule has 0 aliphatic carbocycles. The van der Waals surface area contributed by atoms with Crippen molar-refractivity contribution < 1.29 is 91.8 Å². The quantitative estimate of drug-likeness (QED) is 0.212. The fraction of sp³-hybridized carbons (Fsp3) is 0.684. The molecule has 0 aromatic heterocycles. The van der Waals surface area contributed by atoms with E-state index in [-0.39, 0.29) is 6.92 Å². The summed E-state index contributed by atoms with van der Waals surface area (Å²) in [6.07, 6.45) is -16.0. The third kappa shape index (κ3) is 5.26. The Balaban J connectivity index is 2.38. The summed E-state index contributed by atoms with van der Waals surface area (Å²) >= 11 is 0. The van der Waals surface area contributed by atoms with E-state index in [0.717, 1.165) is 6.92 Å². The van der Waals surface area contributed by atoms with Crippen LogP contribution in [-0.4, -0.2) is 78.5 Å². The number of alkyl halides is 10. The number of esters is 2. The second-order valence-corrected chi connectivity index (χ2v) is 8.06. The van der Waals surface area contributed by atoms with Crippen molar-refractivity contribution in [3.05, 3.63) is 24.0 Å². The normalized spacial score (nSPS) is 33.2. The Morgan fingerprint density at radius 3 is 2.00 bits per heavy atom. The van der Waals surface area contributed by atoms with Gasteiger partial charge in [-0.2, -0.15) is 43.9 Å². The van der Waals surface area contributed by atoms with Crippen LogP contribution in [0.5, 0.6) is 0 Å². The Morgan fingerprint density at radius 1 is 0.949 bits per heavy atom. The molecule has 224 valence electrons. The predicted octanol–water partition coefficient (Wildman–Crippen LogP) is 3.40. The summed E-state index contributed by atoms with van der Waals surface area (Å²) < 4.78 is 168. The molecule has 1 N–H and O–H groups in total. The summed E-state index contributed by atoms with van der Waals surface area (Å²) in [5.74, 6) is -29.0. The van der Waals surface area contributed by atoms with E-state index in [9.17, 15) is 58.6 Å². The van der Waals surface area contributed by atoms with E-state index >= 15 is 0 Å². The lowest BCUT2D eigenvalue weighted by atomic mass is 9.98. The third-order valence-corrected chi connectivity index (χ3v) is 5.15. The number of rotatable bonds is 6. The first-order chi connectivity index (χ1) is 17.4. The van der Waals surface area contributed by atoms with Crippen molar-refractivity contribution in [3.63, 3.8) is 0 Å². The van der Waals surface area contributed by atoms with Gasteiger partial charge in [-0.05, 0) is 13.8 Å². The Morgan fingerprint density at radius 2 is 1.51 bits per heavy atom. The number of hydrogen-bond acceptors (Lipinski definition) is 10. The van der Waals surface area contributed by atoms with Crippen molar-refractivity contribution in [1.29, 1.82) is 0 Å². The van der Waals surface area contributed by atoms with Gasteiger partial charge in [-0.25, -0.2) is 9.59 Å². The van der Waals surface area contributed by atoms with E-state index < -0.39 is 90.8 Å². The van der Waals surface area contributed by atoms with Crippen LogP contribution in [0.3, 0.4) is 0 Å². The number of carbonyl (C=O) groups is 2. The van der Waals surface area contributed by atoms with Crippen LogP contribution in [-0.2, 0) is 42.7 Å². The summed E-state index contributed by atoms with van der Waals surface area (Å²) in [7, 11) is 0. The highest BCUT2D eigenvalue weighted by Crippen LogP contribution is 2.53. The van der Waals surface area contributed by atoms with Crippen molar-refractivity contribution in [2.75, 3.05) is 13.6 Å². The molecular formula is C19H18F10O10. The first-order valence-corrected chi connectivity index (χ1v) is 9.99. The van der Waals surface area contributed by atoms with Crippen LogP contribution < -0.4 is 0 Å². The summed E-state index contributed by atoms with van der Waals surface area (Å²) in [5.41, 5.74) is -1.85. The molecule has 2 heterocycles. The van der Waals surface area contributed by atoms with Crippen molar-refractivity contribution in [1.82, 2.24) is 0 Å². The first kappa shape index (κ1) is 32.5. The average Bonchev–Trinajstić information content (AvgIpc) is 2.76. The maximum absolute atomic E-state index is 14.9. The summed E-state index contributed by atoms with van der Waals surface area (Å²) in [6.45, 7) is 1.19. The topological polar surface area (TPSA) is 119 Å². The highest BCUT2D eigenvalue weighted by Gasteiger charge is 2.82. The van der Waals surface area contributed by atoms with Crippen molar-refractivity contribution in [2.45, 2.75) is 68.6 Å². The second kappa shape index (κ2) is 10.1. The van der Waals surface area contributed by atoms with Gasteiger partial charge < -0.3 is 38.3 Å². The zero-order valence-corrected chi connectivity index (χ0v) is 19.7. The largest absolute Gasteiger partial charge is 0.462 e. The number of aliphatic hydroxyl groups is 1. The number of ether oxygens (including phenoxy) is 7. The monoisotopic (exact) mass is 596 g/mol. The lowest BCUT2D eigenvalue weighted by Gasteiger charge is -2.48. The number of hydrogen-bond donors (Lipinski definition) is 1. The molecule has 0 radical (unpaired) electrons. The molecule has 10 nitrogen and oxygen atoms in total. The van der Waals surface area contributed by atoms with Gasteiger partial charge in [0.15, 0.2) is 13.6 Å². The number of carbonyl (C=O) groups excluding carboxylic acids is 2. The molecule has 2 aliphatic heterocycles. The lowest BCUT2D eigenvalue weighted by Crippen LogP contribution is -2.73. The Bertz CT molecular complexity index is 1030. The molecule has 4 atom stereocenters. The fourth-order valence-corrected chi connectivity index (χ4v) is 2.84. The second-order valence-electron chi connectivity index (χ2n) is 8.06. The molecule has 39 heavy (non-hydrogen) atoms. The van der Waals surface area contributed by atoms with Gasteiger partial charge in [0.25, 0.3) is 12.1 Å². The van der Waals surface area contributed by atoms with Gasteiger partial charge in [-0.3, -0.25) is 0 Å². The van der Waals surface area contributed by atoms with Gasteiger partial charge in [0.1, 0.15) is 0 Å². The van der Waals surface area contributed by atoms with Crippen LogP contribution in [0.1, 0.15) is 20.8 Å². The van der Waals surface area contributed by atoms with Crippen LogP contribution >= 0.6 is 0 Å². The van der Waals surface area contributed by atoms with E-state index in [4.69, 9.17) is 0 Å². The summed E-state index contributed by atoms with van der Waals surface area (Å²) in [6, 6.07) is 0. The lowest BCUT2D eigenvalue weighted by molar-refractivity contribution is -0.525. The molecule has 0 aromatic carbocycles. The molecule has 0 aromatic rings. The molecule has 2 aliphatic rings. The van der Waals surface area contributed by atoms with E-state index in [2.05, 4.69) is 39.7 Å². The first-order valence-electron chi connectivity index (χ1n) is 9.99. The Kier molecular flexibility index (Phi) is 8.39. The van der Waals surface area contributed by atoms with E-state index in [0.29, 0.717) is 6.92 Å². The minimum absolute atomic E-state index is 0.0474. The maximum Gasteiger partial charge on any atom is 0.462 e. The smallest absolute Gasteiger partial charge is 0.456 e. The Hall–Kier alpha value is -2.68. The van der Waals surface area contributed by atoms with Crippen LogP contribution in [0, 0.1) is 0 Å². The molecule has 2 fully saturated rings. The third-order valence-electron chi connectivity index (χ3n) is 5.15. The summed E-state index contributed by atoms with van der Waals surface area (Å²) in [4.78, 5) is 23.8. The van der Waals surface area contributed by atoms with E-state index in [1.165, 1.54) is 0 Å². The Labute approximate surface area is 210 Å². The summed E-state index contributed by atoms with van der Waals surface area (Å²) in [5, 5.41) is 9.41. The van der Waals surface area contributed by atoms with E-state index in [1.54, 1.807) is 0 Å². The molecule has 0 amide bonds. The molecule has 0 bridgehead atoms. The molecule has 2 saturated heterocycles. The fourth-order valence-electron chi connectivity index (χ4n) is 2.84. The van der Waals surface area contributed by atoms with Crippen LogP contribution in [0.15, 0.2) is 24.0 Å².